The van der Waals surface area contributed by atoms with Crippen LogP contribution in [0.4, 0.5) is 5.82 Å². The highest BCUT2D eigenvalue weighted by atomic mass is 32.2. The van der Waals surface area contributed by atoms with E-state index in [1.54, 1.807) is 0 Å². The molecule has 0 fully saturated rings. The van der Waals surface area contributed by atoms with Crippen molar-refractivity contribution in [2.45, 2.75) is 51.8 Å². The predicted octanol–water partition coefficient (Wildman–Crippen LogP) is 4.36. The van der Waals surface area contributed by atoms with E-state index in [9.17, 15) is 9.59 Å². The van der Waals surface area contributed by atoms with Gasteiger partial charge in [0.05, 0.1) is 23.2 Å². The van der Waals surface area contributed by atoms with Crippen LogP contribution in [0.1, 0.15) is 51.0 Å². The Labute approximate surface area is 172 Å². The molecule has 28 heavy (non-hydrogen) atoms. The Kier molecular flexibility index (Phi) is 6.30. The van der Waals surface area contributed by atoms with Crippen LogP contribution in [0, 0.1) is 5.92 Å². The van der Waals surface area contributed by atoms with E-state index in [2.05, 4.69) is 29.1 Å². The zero-order valence-corrected chi connectivity index (χ0v) is 18.3. The van der Waals surface area contributed by atoms with Gasteiger partial charge < -0.3 is 15.0 Å². The summed E-state index contributed by atoms with van der Waals surface area (Å²) in [6.07, 6.45) is -0.246. The van der Waals surface area contributed by atoms with E-state index in [1.807, 2.05) is 38.3 Å². The Balaban J connectivity index is 2.10. The molecule has 0 aliphatic carbocycles. The normalized spacial score (nSPS) is 16.3. The molecule has 0 aromatic carbocycles. The van der Waals surface area contributed by atoms with Crippen molar-refractivity contribution < 1.29 is 9.53 Å². The molecule has 1 aliphatic rings. The number of fused-ring (bicyclic) bond motifs is 1. The number of allylic oxidation sites excluding steroid dienone is 1. The van der Waals surface area contributed by atoms with Gasteiger partial charge in [-0.15, -0.1) is 11.3 Å². The summed E-state index contributed by atoms with van der Waals surface area (Å²) in [6, 6.07) is 3.85. The van der Waals surface area contributed by atoms with Gasteiger partial charge >= 0.3 is 5.97 Å². The summed E-state index contributed by atoms with van der Waals surface area (Å²) < 4.78 is 5.46. The number of aromatic amines is 1. The van der Waals surface area contributed by atoms with Crippen LogP contribution in [-0.2, 0) is 9.53 Å². The number of ether oxygens (including phenoxy) is 1. The quantitative estimate of drug-likeness (QED) is 0.411. The van der Waals surface area contributed by atoms with E-state index >= 15 is 0 Å². The van der Waals surface area contributed by atoms with Gasteiger partial charge in [-0.3, -0.25) is 4.79 Å². The first-order chi connectivity index (χ1) is 13.3. The first-order valence-electron chi connectivity index (χ1n) is 9.27. The van der Waals surface area contributed by atoms with Crippen LogP contribution >= 0.6 is 23.1 Å². The second kappa shape index (κ2) is 8.53. The second-order valence-corrected chi connectivity index (χ2v) is 9.39. The molecule has 0 amide bonds. The van der Waals surface area contributed by atoms with E-state index in [4.69, 9.17) is 4.74 Å². The van der Waals surface area contributed by atoms with E-state index in [0.717, 1.165) is 10.6 Å². The number of carbonyl (C=O) groups excluding carboxylic acids is 1. The summed E-state index contributed by atoms with van der Waals surface area (Å²) >= 11 is 3.03. The minimum atomic E-state index is -0.497. The summed E-state index contributed by atoms with van der Waals surface area (Å²) in [5.74, 6) is 0.936. The number of rotatable bonds is 6. The highest BCUT2D eigenvalue weighted by Crippen LogP contribution is 2.41. The maximum atomic E-state index is 13.0. The van der Waals surface area contributed by atoms with Gasteiger partial charge in [-0.2, -0.15) is 0 Å². The molecule has 2 aromatic rings. The molecule has 0 unspecified atom stereocenters. The first-order valence-corrected chi connectivity index (χ1v) is 11.1. The Morgan fingerprint density at radius 3 is 2.71 bits per heavy atom. The molecule has 2 aromatic heterocycles. The number of anilines is 1. The van der Waals surface area contributed by atoms with Gasteiger partial charge in [0.25, 0.3) is 5.56 Å². The van der Waals surface area contributed by atoms with E-state index < -0.39 is 11.9 Å². The van der Waals surface area contributed by atoms with E-state index in [0.29, 0.717) is 33.7 Å². The van der Waals surface area contributed by atoms with Crippen molar-refractivity contribution in [3.05, 3.63) is 49.6 Å². The van der Waals surface area contributed by atoms with Gasteiger partial charge in [0.2, 0.25) is 0 Å². The van der Waals surface area contributed by atoms with Gasteiger partial charge in [-0.05, 0) is 38.1 Å². The van der Waals surface area contributed by atoms with Gasteiger partial charge in [-0.1, -0.05) is 31.7 Å². The highest BCUT2D eigenvalue weighted by molar-refractivity contribution is 7.99. The molecule has 0 spiro atoms. The van der Waals surface area contributed by atoms with Crippen LogP contribution in [0.25, 0.3) is 0 Å². The zero-order valence-electron chi connectivity index (χ0n) is 16.7. The number of hydrogen-bond acceptors (Lipinski definition) is 7. The number of carbonyl (C=O) groups is 1. The third-order valence-electron chi connectivity index (χ3n) is 4.16. The van der Waals surface area contributed by atoms with Crippen molar-refractivity contribution in [1.29, 1.82) is 0 Å². The van der Waals surface area contributed by atoms with Gasteiger partial charge in [0, 0.05) is 16.3 Å². The third-order valence-corrected chi connectivity index (χ3v) is 6.40. The zero-order chi connectivity index (χ0) is 20.4. The van der Waals surface area contributed by atoms with Crippen LogP contribution in [0.15, 0.2) is 38.7 Å². The molecule has 3 heterocycles. The Morgan fingerprint density at radius 1 is 1.36 bits per heavy atom. The molecule has 6 nitrogen and oxygen atoms in total. The topological polar surface area (TPSA) is 84.1 Å². The van der Waals surface area contributed by atoms with Gasteiger partial charge in [-0.25, -0.2) is 9.78 Å². The monoisotopic (exact) mass is 419 g/mol. The fourth-order valence-electron chi connectivity index (χ4n) is 3.03. The lowest BCUT2D eigenvalue weighted by molar-refractivity contribution is -0.142. The Hall–Kier alpha value is -2.06. The molecule has 0 saturated heterocycles. The smallest absolute Gasteiger partial charge is 0.337 e. The summed E-state index contributed by atoms with van der Waals surface area (Å²) in [5.41, 5.74) is 1.34. The van der Waals surface area contributed by atoms with E-state index in [1.165, 1.54) is 23.1 Å². The van der Waals surface area contributed by atoms with Gasteiger partial charge in [0.15, 0.2) is 5.16 Å². The Bertz CT molecular complexity index is 946. The molecule has 2 N–H and O–H groups in total. The number of hydrogen-bond donors (Lipinski definition) is 2. The lowest BCUT2D eigenvalue weighted by atomic mass is 9.86. The van der Waals surface area contributed by atoms with Gasteiger partial charge in [0.1, 0.15) is 5.82 Å². The lowest BCUT2D eigenvalue weighted by Gasteiger charge is -2.28. The molecule has 0 radical (unpaired) electrons. The molecule has 1 atom stereocenters. The summed E-state index contributed by atoms with van der Waals surface area (Å²) in [5, 5.41) is 5.68. The van der Waals surface area contributed by atoms with Crippen molar-refractivity contribution in [1.82, 2.24) is 9.97 Å². The number of aromatic nitrogens is 2. The van der Waals surface area contributed by atoms with Crippen LogP contribution in [-0.4, -0.2) is 27.8 Å². The average molecular weight is 420 g/mol. The van der Waals surface area contributed by atoms with Crippen molar-refractivity contribution in [2.24, 2.45) is 5.92 Å². The molecule has 0 bridgehead atoms. The molecule has 3 rings (SSSR count). The second-order valence-electron chi connectivity index (χ2n) is 7.40. The van der Waals surface area contributed by atoms with Crippen molar-refractivity contribution in [3.63, 3.8) is 0 Å². The maximum absolute atomic E-state index is 13.0. The molecular weight excluding hydrogens is 394 g/mol. The number of thioether (sulfide) groups is 1. The largest absolute Gasteiger partial charge is 0.460 e. The summed E-state index contributed by atoms with van der Waals surface area (Å²) in [4.78, 5) is 34.3. The third kappa shape index (κ3) is 4.33. The lowest BCUT2D eigenvalue weighted by Crippen LogP contribution is -2.31. The number of esters is 1. The van der Waals surface area contributed by atoms with Crippen LogP contribution < -0.4 is 10.9 Å². The predicted molar refractivity (Wildman–Crippen MR) is 114 cm³/mol. The summed E-state index contributed by atoms with van der Waals surface area (Å²) in [6.45, 7) is 9.68. The average Bonchev–Trinajstić information content (AvgIpc) is 3.12. The maximum Gasteiger partial charge on any atom is 0.337 e. The SMILES string of the molecule is CC1=C(C(=O)OC(C)C)[C@H](c2cccs2)c2c(nc(SCC(C)C)[nH]c2=O)N1. The van der Waals surface area contributed by atoms with Crippen LogP contribution in [0.3, 0.4) is 0 Å². The summed E-state index contributed by atoms with van der Waals surface area (Å²) in [7, 11) is 0. The first kappa shape index (κ1) is 20.7. The Morgan fingerprint density at radius 2 is 2.11 bits per heavy atom. The minimum Gasteiger partial charge on any atom is -0.460 e. The van der Waals surface area contributed by atoms with Crippen molar-refractivity contribution in [2.75, 3.05) is 11.1 Å². The minimum absolute atomic E-state index is 0.232. The fourth-order valence-corrected chi connectivity index (χ4v) is 4.69. The van der Waals surface area contributed by atoms with E-state index in [-0.39, 0.29) is 11.7 Å². The van der Waals surface area contributed by atoms with Crippen LogP contribution in [0.2, 0.25) is 0 Å². The highest BCUT2D eigenvalue weighted by Gasteiger charge is 2.37. The fraction of sp³-hybridized carbons (Fsp3) is 0.450. The number of nitrogens with zero attached hydrogens (tertiary/aromatic N) is 1. The molecule has 150 valence electrons. The molecular formula is C20H25N3O3S2. The number of H-pyrrole nitrogens is 1. The van der Waals surface area contributed by atoms with Crippen LogP contribution in [0.5, 0.6) is 0 Å². The number of thiophene rings is 1. The standard InChI is InChI=1S/C20H25N3O3S2/c1-10(2)9-28-20-22-17-16(18(24)23-20)15(13-7-6-8-27-13)14(12(5)21-17)19(25)26-11(3)4/h6-8,10-11,15H,9H2,1-5H3,(H2,21,22,23,24)/t15-/m0/s1. The molecule has 1 aliphatic heterocycles. The van der Waals surface area contributed by atoms with Crippen molar-refractivity contribution >= 4 is 34.9 Å². The number of nitrogens with one attached hydrogen (secondary N) is 2. The van der Waals surface area contributed by atoms with Crippen molar-refractivity contribution in [3.8, 4) is 0 Å². The molecule has 8 heteroatoms. The molecule has 0 saturated carbocycles.